The lowest BCUT2D eigenvalue weighted by Crippen LogP contribution is -2.21. The molecule has 1 unspecified atom stereocenters. The standard InChI is InChI=1S/C29H34F4O/c1-3-4-5-6-22-13-16-26(17-14-22)21(2)19-24-10-7-23(8-11-24)9-12-25-15-18-28(27(30)20-25)34-29(31,32)33/h7-8,10-11,15,18,20-22,26H,3-6,13-14,16-17,19H2,1-2H3. The van der Waals surface area contributed by atoms with E-state index in [0.717, 1.165) is 36.0 Å². The highest BCUT2D eigenvalue weighted by Crippen LogP contribution is 2.37. The quantitative estimate of drug-likeness (QED) is 0.211. The Morgan fingerprint density at radius 1 is 0.941 bits per heavy atom. The highest BCUT2D eigenvalue weighted by molar-refractivity contribution is 5.45. The number of alkyl halides is 3. The van der Waals surface area contributed by atoms with Crippen molar-refractivity contribution in [2.45, 2.75) is 78.0 Å². The summed E-state index contributed by atoms with van der Waals surface area (Å²) in [5.74, 6) is 6.16. The fourth-order valence-electron chi connectivity index (χ4n) is 4.92. The molecule has 1 nitrogen and oxygen atoms in total. The van der Waals surface area contributed by atoms with Crippen molar-refractivity contribution in [2.24, 2.45) is 17.8 Å². The van der Waals surface area contributed by atoms with Gasteiger partial charge in [0.25, 0.3) is 0 Å². The molecule has 5 heteroatoms. The first kappa shape index (κ1) is 26.1. The molecule has 0 amide bonds. The summed E-state index contributed by atoms with van der Waals surface area (Å²) in [6.45, 7) is 4.62. The molecule has 0 N–H and O–H groups in total. The van der Waals surface area contributed by atoms with Gasteiger partial charge in [0.2, 0.25) is 0 Å². The van der Waals surface area contributed by atoms with Crippen LogP contribution in [0, 0.1) is 35.4 Å². The van der Waals surface area contributed by atoms with E-state index in [0.29, 0.717) is 5.92 Å². The summed E-state index contributed by atoms with van der Waals surface area (Å²) in [6.07, 6.45) is 6.97. The molecule has 1 saturated carbocycles. The summed E-state index contributed by atoms with van der Waals surface area (Å²) in [7, 11) is 0. The van der Waals surface area contributed by atoms with Gasteiger partial charge in [-0.1, -0.05) is 76.3 Å². The SMILES string of the molecule is CCCCCC1CCC(C(C)Cc2ccc(C#Cc3ccc(OC(F)(F)F)c(F)c3)cc2)CC1. The Morgan fingerprint density at radius 2 is 1.59 bits per heavy atom. The Hall–Kier alpha value is -2.48. The monoisotopic (exact) mass is 474 g/mol. The number of unbranched alkanes of at least 4 members (excludes halogenated alkanes) is 2. The Balaban J connectivity index is 1.50. The van der Waals surface area contributed by atoms with Crippen LogP contribution >= 0.6 is 0 Å². The van der Waals surface area contributed by atoms with Gasteiger partial charge in [0, 0.05) is 11.1 Å². The summed E-state index contributed by atoms with van der Waals surface area (Å²) >= 11 is 0. The van der Waals surface area contributed by atoms with Crippen molar-refractivity contribution >= 4 is 0 Å². The van der Waals surface area contributed by atoms with Crippen molar-refractivity contribution < 1.29 is 22.3 Å². The van der Waals surface area contributed by atoms with Crippen molar-refractivity contribution in [1.82, 2.24) is 0 Å². The topological polar surface area (TPSA) is 9.23 Å². The van der Waals surface area contributed by atoms with Crippen molar-refractivity contribution in [1.29, 1.82) is 0 Å². The predicted molar refractivity (Wildman–Crippen MR) is 128 cm³/mol. The smallest absolute Gasteiger partial charge is 0.403 e. The van der Waals surface area contributed by atoms with Crippen LogP contribution < -0.4 is 4.74 Å². The van der Waals surface area contributed by atoms with Gasteiger partial charge in [-0.15, -0.1) is 13.2 Å². The van der Waals surface area contributed by atoms with Gasteiger partial charge in [-0.3, -0.25) is 0 Å². The van der Waals surface area contributed by atoms with Gasteiger partial charge in [0.15, 0.2) is 11.6 Å². The summed E-state index contributed by atoms with van der Waals surface area (Å²) < 4.78 is 54.3. The van der Waals surface area contributed by atoms with Gasteiger partial charge in [-0.05, 0) is 72.9 Å². The Labute approximate surface area is 200 Å². The third-order valence-corrected chi connectivity index (χ3v) is 6.93. The summed E-state index contributed by atoms with van der Waals surface area (Å²) in [4.78, 5) is 0. The second-order valence-corrected chi connectivity index (χ2v) is 9.60. The molecule has 2 aromatic rings. The van der Waals surface area contributed by atoms with Crippen LogP contribution in [0.2, 0.25) is 0 Å². The molecule has 0 heterocycles. The molecule has 0 saturated heterocycles. The molecule has 2 aromatic carbocycles. The van der Waals surface area contributed by atoms with E-state index in [2.05, 4.69) is 42.6 Å². The largest absolute Gasteiger partial charge is 0.573 e. The molecule has 1 fully saturated rings. The lowest BCUT2D eigenvalue weighted by atomic mass is 9.73. The zero-order valence-corrected chi connectivity index (χ0v) is 20.1. The van der Waals surface area contributed by atoms with Crippen molar-refractivity contribution in [3.05, 3.63) is 65.0 Å². The van der Waals surface area contributed by atoms with Gasteiger partial charge >= 0.3 is 6.36 Å². The molecular formula is C29H34F4O. The Morgan fingerprint density at radius 3 is 2.21 bits per heavy atom. The first-order valence-corrected chi connectivity index (χ1v) is 12.4. The maximum atomic E-state index is 13.8. The number of hydrogen-bond acceptors (Lipinski definition) is 1. The summed E-state index contributed by atoms with van der Waals surface area (Å²) in [5, 5.41) is 0. The average Bonchev–Trinajstić information content (AvgIpc) is 2.80. The zero-order valence-electron chi connectivity index (χ0n) is 20.1. The van der Waals surface area contributed by atoms with Gasteiger partial charge in [0.1, 0.15) is 0 Å². The minimum atomic E-state index is -4.93. The fourth-order valence-corrected chi connectivity index (χ4v) is 4.92. The van der Waals surface area contributed by atoms with Crippen LogP contribution in [0.4, 0.5) is 17.6 Å². The molecule has 1 atom stereocenters. The predicted octanol–water partition coefficient (Wildman–Crippen LogP) is 8.69. The van der Waals surface area contributed by atoms with Gasteiger partial charge < -0.3 is 4.74 Å². The molecule has 3 rings (SSSR count). The maximum absolute atomic E-state index is 13.8. The summed E-state index contributed by atoms with van der Waals surface area (Å²) in [5.41, 5.74) is 2.35. The number of hydrogen-bond donors (Lipinski definition) is 0. The first-order valence-electron chi connectivity index (χ1n) is 12.4. The Bertz CT molecular complexity index is 960. The highest BCUT2D eigenvalue weighted by Gasteiger charge is 2.32. The van der Waals surface area contributed by atoms with Crippen molar-refractivity contribution in [3.63, 3.8) is 0 Å². The van der Waals surface area contributed by atoms with Gasteiger partial charge in [-0.25, -0.2) is 4.39 Å². The fraction of sp³-hybridized carbons (Fsp3) is 0.517. The third kappa shape index (κ3) is 8.38. The molecule has 34 heavy (non-hydrogen) atoms. The van der Waals surface area contributed by atoms with E-state index in [1.54, 1.807) is 0 Å². The molecule has 0 aliphatic heterocycles. The van der Waals surface area contributed by atoms with Crippen LogP contribution in [-0.4, -0.2) is 6.36 Å². The number of rotatable bonds is 8. The van der Waals surface area contributed by atoms with Crippen molar-refractivity contribution in [3.8, 4) is 17.6 Å². The Kier molecular flexibility index (Phi) is 9.45. The molecule has 0 radical (unpaired) electrons. The van der Waals surface area contributed by atoms with Gasteiger partial charge in [0.05, 0.1) is 0 Å². The molecule has 0 spiro atoms. The van der Waals surface area contributed by atoms with Crippen LogP contribution in [0.25, 0.3) is 0 Å². The van der Waals surface area contributed by atoms with E-state index in [4.69, 9.17) is 0 Å². The van der Waals surface area contributed by atoms with E-state index < -0.39 is 17.9 Å². The average molecular weight is 475 g/mol. The van der Waals surface area contributed by atoms with E-state index in [9.17, 15) is 17.6 Å². The third-order valence-electron chi connectivity index (χ3n) is 6.93. The lowest BCUT2D eigenvalue weighted by Gasteiger charge is -2.32. The molecule has 184 valence electrons. The molecular weight excluding hydrogens is 440 g/mol. The molecule has 1 aliphatic rings. The van der Waals surface area contributed by atoms with Crippen LogP contribution in [0.1, 0.15) is 81.9 Å². The van der Waals surface area contributed by atoms with E-state index >= 15 is 0 Å². The van der Waals surface area contributed by atoms with E-state index in [1.165, 1.54) is 63.0 Å². The second-order valence-electron chi connectivity index (χ2n) is 9.60. The minimum absolute atomic E-state index is 0.287. The van der Waals surface area contributed by atoms with Crippen LogP contribution in [0.3, 0.4) is 0 Å². The minimum Gasteiger partial charge on any atom is -0.403 e. The number of halogens is 4. The zero-order chi connectivity index (χ0) is 24.6. The van der Waals surface area contributed by atoms with E-state index in [-0.39, 0.29) is 5.56 Å². The normalized spacial score (nSPS) is 19.2. The lowest BCUT2D eigenvalue weighted by molar-refractivity contribution is -0.275. The molecule has 0 bridgehead atoms. The van der Waals surface area contributed by atoms with E-state index in [1.807, 2.05) is 12.1 Å². The second kappa shape index (κ2) is 12.3. The first-order chi connectivity index (χ1) is 16.2. The van der Waals surface area contributed by atoms with Gasteiger partial charge in [-0.2, -0.15) is 0 Å². The van der Waals surface area contributed by atoms with Crippen LogP contribution in [0.5, 0.6) is 5.75 Å². The highest BCUT2D eigenvalue weighted by atomic mass is 19.4. The molecule has 1 aliphatic carbocycles. The van der Waals surface area contributed by atoms with Crippen LogP contribution in [0.15, 0.2) is 42.5 Å². The number of benzene rings is 2. The number of ether oxygens (including phenoxy) is 1. The summed E-state index contributed by atoms with van der Waals surface area (Å²) in [6, 6.07) is 11.2. The van der Waals surface area contributed by atoms with Crippen LogP contribution in [-0.2, 0) is 6.42 Å². The van der Waals surface area contributed by atoms with Crippen molar-refractivity contribution in [2.75, 3.05) is 0 Å². The maximum Gasteiger partial charge on any atom is 0.573 e. The molecule has 0 aromatic heterocycles.